The predicted octanol–water partition coefficient (Wildman–Crippen LogP) is 4.96. The Kier molecular flexibility index (Phi) is 5.83. The number of fused-ring (bicyclic) bond motifs is 4. The average molecular weight is 475 g/mol. The zero-order chi connectivity index (χ0) is 25.1. The van der Waals surface area contributed by atoms with Crippen molar-refractivity contribution in [1.82, 2.24) is 9.47 Å². The van der Waals surface area contributed by atoms with Crippen LogP contribution in [0.5, 0.6) is 0 Å². The number of Topliss-reactive ketones (excluding diaryl/α,β-unsaturated/α-hetero) is 1. The molecule has 0 N–H and O–H groups in total. The highest BCUT2D eigenvalue weighted by molar-refractivity contribution is 6.04. The smallest absolute Gasteiger partial charge is 0.167 e. The molecule has 2 heterocycles. The summed E-state index contributed by atoms with van der Waals surface area (Å²) < 4.78 is 17.5. The number of aliphatic imine (C=N–C) groups is 1. The van der Waals surface area contributed by atoms with Gasteiger partial charge in [-0.05, 0) is 49.2 Å². The number of halogens is 1. The van der Waals surface area contributed by atoms with Crippen LogP contribution in [0.3, 0.4) is 0 Å². The number of ketones is 1. The number of aryl methyl sites for hydroxylation is 1. The highest BCUT2D eigenvalue weighted by atomic mass is 19.1. The average Bonchev–Trinajstić information content (AvgIpc) is 3.08. The molecule has 1 saturated heterocycles. The lowest BCUT2D eigenvalue weighted by molar-refractivity contribution is 0.0993. The van der Waals surface area contributed by atoms with Gasteiger partial charge in [0.2, 0.25) is 0 Å². The van der Waals surface area contributed by atoms with Gasteiger partial charge >= 0.3 is 0 Å². The molecular formula is C29H35FN4O. The van der Waals surface area contributed by atoms with Crippen molar-refractivity contribution in [2.24, 2.45) is 12.0 Å². The maximum Gasteiger partial charge on any atom is 0.167 e. The third kappa shape index (κ3) is 3.70. The van der Waals surface area contributed by atoms with Gasteiger partial charge in [0.1, 0.15) is 0 Å². The fourth-order valence-corrected chi connectivity index (χ4v) is 6.18. The summed E-state index contributed by atoms with van der Waals surface area (Å²) in [6, 6.07) is 10.6. The summed E-state index contributed by atoms with van der Waals surface area (Å²) in [6.07, 6.45) is 1.82. The standard InChI is InChI=1S/C29H35FN4O/c1-18(2)33-11-13-34(14-12-33)20-8-10-22-24(15-20)29(3,4)28-23(16-25(22)35)21-9-7-19(17-31-5)26(30)27(21)32(28)6/h7-10,15,17-18H,11-14,16H2,1-6H3. The van der Waals surface area contributed by atoms with Crippen LogP contribution in [0, 0.1) is 5.82 Å². The van der Waals surface area contributed by atoms with Gasteiger partial charge in [-0.2, -0.15) is 0 Å². The minimum absolute atomic E-state index is 0.0927. The van der Waals surface area contributed by atoms with Crippen LogP contribution in [0.15, 0.2) is 35.3 Å². The van der Waals surface area contributed by atoms with Gasteiger partial charge in [-0.3, -0.25) is 14.7 Å². The second-order valence-electron chi connectivity index (χ2n) is 10.7. The van der Waals surface area contributed by atoms with Gasteiger partial charge < -0.3 is 9.47 Å². The largest absolute Gasteiger partial charge is 0.369 e. The lowest BCUT2D eigenvalue weighted by Gasteiger charge is -2.38. The molecule has 1 fully saturated rings. The summed E-state index contributed by atoms with van der Waals surface area (Å²) in [4.78, 5) is 22.4. The quantitative estimate of drug-likeness (QED) is 0.504. The van der Waals surface area contributed by atoms with E-state index in [4.69, 9.17) is 0 Å². The van der Waals surface area contributed by atoms with Crippen LogP contribution < -0.4 is 4.90 Å². The van der Waals surface area contributed by atoms with Gasteiger partial charge in [0, 0.05) is 92.3 Å². The summed E-state index contributed by atoms with van der Waals surface area (Å²) in [5.41, 5.74) is 5.42. The summed E-state index contributed by atoms with van der Waals surface area (Å²) in [5, 5.41) is 0.813. The Morgan fingerprint density at radius 2 is 1.80 bits per heavy atom. The number of carbonyl (C=O) groups is 1. The molecule has 1 aromatic heterocycles. The van der Waals surface area contributed by atoms with Crippen LogP contribution in [0.4, 0.5) is 10.1 Å². The van der Waals surface area contributed by atoms with Gasteiger partial charge in [-0.25, -0.2) is 4.39 Å². The van der Waals surface area contributed by atoms with Crippen LogP contribution in [0.2, 0.25) is 0 Å². The summed E-state index contributed by atoms with van der Waals surface area (Å²) >= 11 is 0. The molecule has 2 aliphatic rings. The lowest BCUT2D eigenvalue weighted by atomic mass is 9.78. The molecule has 0 saturated carbocycles. The van der Waals surface area contributed by atoms with Crippen LogP contribution in [0.25, 0.3) is 10.9 Å². The first-order chi connectivity index (χ1) is 16.6. The van der Waals surface area contributed by atoms with E-state index >= 15 is 4.39 Å². The van der Waals surface area contributed by atoms with E-state index < -0.39 is 5.41 Å². The van der Waals surface area contributed by atoms with E-state index in [2.05, 4.69) is 54.6 Å². The van der Waals surface area contributed by atoms with E-state index in [1.165, 1.54) is 0 Å². The molecule has 0 amide bonds. The van der Waals surface area contributed by atoms with Crippen LogP contribution in [-0.2, 0) is 18.9 Å². The monoisotopic (exact) mass is 474 g/mol. The Balaban J connectivity index is 1.64. The third-order valence-corrected chi connectivity index (χ3v) is 8.01. The van der Waals surface area contributed by atoms with E-state index in [1.54, 1.807) is 19.3 Å². The minimum Gasteiger partial charge on any atom is -0.369 e. The molecule has 1 aliphatic carbocycles. The number of piperazine rings is 1. The molecule has 3 aromatic rings. The van der Waals surface area contributed by atoms with E-state index in [9.17, 15) is 4.79 Å². The Hall–Kier alpha value is -2.99. The molecule has 184 valence electrons. The van der Waals surface area contributed by atoms with Gasteiger partial charge in [0.25, 0.3) is 0 Å². The van der Waals surface area contributed by atoms with Crippen molar-refractivity contribution in [3.05, 3.63) is 64.1 Å². The molecule has 1 aliphatic heterocycles. The SMILES string of the molecule is CN=Cc1ccc2c3c(n(C)c2c1F)C(C)(C)c1cc(N2CCN(C(C)C)CC2)ccc1C(=O)C3. The molecule has 6 heteroatoms. The van der Waals surface area contributed by atoms with Gasteiger partial charge in [0.15, 0.2) is 11.6 Å². The highest BCUT2D eigenvalue weighted by Crippen LogP contribution is 2.44. The number of anilines is 1. The van der Waals surface area contributed by atoms with Crippen molar-refractivity contribution in [3.63, 3.8) is 0 Å². The van der Waals surface area contributed by atoms with Gasteiger partial charge in [0.05, 0.1) is 5.52 Å². The van der Waals surface area contributed by atoms with E-state index in [-0.39, 0.29) is 18.0 Å². The molecule has 0 radical (unpaired) electrons. The highest BCUT2D eigenvalue weighted by Gasteiger charge is 2.38. The van der Waals surface area contributed by atoms with Crippen molar-refractivity contribution >= 4 is 28.6 Å². The number of carbonyl (C=O) groups excluding carboxylic acids is 1. The zero-order valence-electron chi connectivity index (χ0n) is 21.7. The van der Waals surface area contributed by atoms with Crippen molar-refractivity contribution in [1.29, 1.82) is 0 Å². The van der Waals surface area contributed by atoms with Crippen LogP contribution in [0.1, 0.15) is 60.4 Å². The number of rotatable bonds is 3. The predicted molar refractivity (Wildman–Crippen MR) is 142 cm³/mol. The molecule has 5 nitrogen and oxygen atoms in total. The van der Waals surface area contributed by atoms with E-state index in [0.717, 1.165) is 59.6 Å². The van der Waals surface area contributed by atoms with Crippen LogP contribution >= 0.6 is 0 Å². The normalized spacial score (nSPS) is 18.4. The number of hydrogen-bond donors (Lipinski definition) is 0. The van der Waals surface area contributed by atoms with Crippen molar-refractivity contribution in [3.8, 4) is 0 Å². The minimum atomic E-state index is -0.466. The van der Waals surface area contributed by atoms with Crippen molar-refractivity contribution in [2.45, 2.75) is 45.6 Å². The van der Waals surface area contributed by atoms with Gasteiger partial charge in [-0.1, -0.05) is 19.9 Å². The van der Waals surface area contributed by atoms with E-state index in [1.807, 2.05) is 23.7 Å². The molecular weight excluding hydrogens is 439 g/mol. The number of benzene rings is 2. The van der Waals surface area contributed by atoms with Crippen molar-refractivity contribution in [2.75, 3.05) is 38.1 Å². The Morgan fingerprint density at radius 1 is 1.09 bits per heavy atom. The fourth-order valence-electron chi connectivity index (χ4n) is 6.18. The third-order valence-electron chi connectivity index (χ3n) is 8.01. The molecule has 35 heavy (non-hydrogen) atoms. The molecule has 5 rings (SSSR count). The lowest BCUT2D eigenvalue weighted by Crippen LogP contribution is -2.49. The molecule has 0 unspecified atom stereocenters. The number of aromatic nitrogens is 1. The number of hydrogen-bond acceptors (Lipinski definition) is 4. The second kappa shape index (κ2) is 8.59. The first-order valence-electron chi connectivity index (χ1n) is 12.5. The fraction of sp³-hybridized carbons (Fsp3) is 0.448. The molecule has 0 atom stereocenters. The van der Waals surface area contributed by atoms with Crippen molar-refractivity contribution < 1.29 is 9.18 Å². The Bertz CT molecular complexity index is 1340. The van der Waals surface area contributed by atoms with Crippen LogP contribution in [-0.4, -0.2) is 60.7 Å². The maximum absolute atomic E-state index is 15.5. The first-order valence-corrected chi connectivity index (χ1v) is 12.5. The second-order valence-corrected chi connectivity index (χ2v) is 10.7. The topological polar surface area (TPSA) is 40.8 Å². The zero-order valence-corrected chi connectivity index (χ0v) is 21.7. The first kappa shape index (κ1) is 23.7. The van der Waals surface area contributed by atoms with Gasteiger partial charge in [-0.15, -0.1) is 0 Å². The maximum atomic E-state index is 15.5. The Morgan fingerprint density at radius 3 is 2.46 bits per heavy atom. The molecule has 0 bridgehead atoms. The van der Waals surface area contributed by atoms with E-state index in [0.29, 0.717) is 17.1 Å². The number of nitrogens with zero attached hydrogens (tertiary/aromatic N) is 4. The molecule has 2 aromatic carbocycles. The summed E-state index contributed by atoms with van der Waals surface area (Å²) in [6.45, 7) is 12.8. The molecule has 0 spiro atoms. The summed E-state index contributed by atoms with van der Waals surface area (Å²) in [7, 11) is 3.56. The summed E-state index contributed by atoms with van der Waals surface area (Å²) in [5.74, 6) is -0.195. The Labute approximate surface area is 207 Å².